The summed E-state index contributed by atoms with van der Waals surface area (Å²) in [5.74, 6) is 1.88. The van der Waals surface area contributed by atoms with Crippen molar-refractivity contribution in [1.29, 1.82) is 0 Å². The lowest BCUT2D eigenvalue weighted by Crippen LogP contribution is -2.08. The van der Waals surface area contributed by atoms with Crippen LogP contribution in [0.2, 0.25) is 0 Å². The first-order chi connectivity index (χ1) is 7.88. The van der Waals surface area contributed by atoms with Gasteiger partial charge in [-0.25, -0.2) is 0 Å². The molecule has 4 nitrogen and oxygen atoms in total. The van der Waals surface area contributed by atoms with Crippen molar-refractivity contribution in [2.75, 3.05) is 11.9 Å². The summed E-state index contributed by atoms with van der Waals surface area (Å²) in [7, 11) is 0. The fourth-order valence-electron chi connectivity index (χ4n) is 2.11. The highest BCUT2D eigenvalue weighted by molar-refractivity contribution is 5.68. The molecule has 0 unspecified atom stereocenters. The zero-order chi connectivity index (χ0) is 11.0. The van der Waals surface area contributed by atoms with Crippen molar-refractivity contribution in [3.63, 3.8) is 0 Å². The average molecular weight is 215 g/mol. The highest BCUT2D eigenvalue weighted by atomic mass is 16.3. The molecule has 0 saturated heterocycles. The first kappa shape index (κ1) is 9.39. The zero-order valence-electron chi connectivity index (χ0n) is 9.16. The van der Waals surface area contributed by atoms with E-state index < -0.39 is 0 Å². The number of aromatic nitrogens is 2. The molecule has 0 aliphatic heterocycles. The first-order valence-corrected chi connectivity index (χ1v) is 5.55. The zero-order valence-corrected chi connectivity index (χ0v) is 9.16. The first-order valence-electron chi connectivity index (χ1n) is 5.55. The Morgan fingerprint density at radius 1 is 1.38 bits per heavy atom. The monoisotopic (exact) mass is 215 g/mol. The Hall–Kier alpha value is -1.84. The van der Waals surface area contributed by atoms with Crippen LogP contribution < -0.4 is 5.32 Å². The molecule has 0 fully saturated rings. The Kier molecular flexibility index (Phi) is 2.13. The van der Waals surface area contributed by atoms with E-state index in [0.717, 1.165) is 42.2 Å². The molecule has 0 radical (unpaired) electrons. The molecule has 0 amide bonds. The van der Waals surface area contributed by atoms with E-state index in [1.54, 1.807) is 6.26 Å². The number of hydrogen-bond acceptors (Lipinski definition) is 4. The maximum absolute atomic E-state index is 5.41. The Morgan fingerprint density at radius 2 is 2.31 bits per heavy atom. The van der Waals surface area contributed by atoms with E-state index in [-0.39, 0.29) is 0 Å². The van der Waals surface area contributed by atoms with Crippen LogP contribution in [0.3, 0.4) is 0 Å². The summed E-state index contributed by atoms with van der Waals surface area (Å²) in [5.41, 5.74) is 3.31. The Balaban J connectivity index is 2.07. The van der Waals surface area contributed by atoms with Gasteiger partial charge in [-0.05, 0) is 31.0 Å². The van der Waals surface area contributed by atoms with Gasteiger partial charge in [-0.15, -0.1) is 10.2 Å². The lowest BCUT2D eigenvalue weighted by atomic mass is 9.95. The minimum atomic E-state index is 0.855. The van der Waals surface area contributed by atoms with E-state index >= 15 is 0 Å². The third kappa shape index (κ3) is 1.38. The molecule has 0 saturated carbocycles. The van der Waals surface area contributed by atoms with Gasteiger partial charge in [0.05, 0.1) is 12.0 Å². The Morgan fingerprint density at radius 3 is 3.19 bits per heavy atom. The van der Waals surface area contributed by atoms with Crippen molar-refractivity contribution in [2.45, 2.75) is 19.8 Å². The summed E-state index contributed by atoms with van der Waals surface area (Å²) < 4.78 is 5.41. The largest absolute Gasteiger partial charge is 0.469 e. The Labute approximate surface area is 93.7 Å². The van der Waals surface area contributed by atoms with Gasteiger partial charge < -0.3 is 9.73 Å². The second-order valence-electron chi connectivity index (χ2n) is 3.89. The molecule has 1 N–H and O–H groups in total. The summed E-state index contributed by atoms with van der Waals surface area (Å²) >= 11 is 0. The third-order valence-electron chi connectivity index (χ3n) is 2.85. The molecule has 2 heterocycles. The van der Waals surface area contributed by atoms with Gasteiger partial charge in [-0.1, -0.05) is 0 Å². The molecule has 16 heavy (non-hydrogen) atoms. The molecule has 2 aromatic rings. The van der Waals surface area contributed by atoms with Gasteiger partial charge in [0.15, 0.2) is 0 Å². The van der Waals surface area contributed by atoms with Crippen LogP contribution in [0.25, 0.3) is 11.3 Å². The molecular weight excluding hydrogens is 202 g/mol. The number of hydrogen-bond donors (Lipinski definition) is 1. The molecule has 0 atom stereocenters. The van der Waals surface area contributed by atoms with Crippen molar-refractivity contribution in [3.8, 4) is 11.3 Å². The van der Waals surface area contributed by atoms with Crippen molar-refractivity contribution < 1.29 is 4.42 Å². The number of rotatable bonds is 2. The summed E-state index contributed by atoms with van der Waals surface area (Å²) in [6.45, 7) is 2.92. The van der Waals surface area contributed by atoms with Crippen LogP contribution in [0.1, 0.15) is 18.2 Å². The number of furan rings is 1. The molecule has 4 heteroatoms. The molecule has 1 aliphatic carbocycles. The summed E-state index contributed by atoms with van der Waals surface area (Å²) in [5, 5.41) is 11.6. The number of aryl methyl sites for hydroxylation is 2. The maximum atomic E-state index is 5.41. The highest BCUT2D eigenvalue weighted by Crippen LogP contribution is 2.32. The van der Waals surface area contributed by atoms with Gasteiger partial charge >= 0.3 is 0 Å². The van der Waals surface area contributed by atoms with Crippen LogP contribution in [0.5, 0.6) is 0 Å². The Bertz CT molecular complexity index is 519. The number of nitrogens with zero attached hydrogens (tertiary/aromatic N) is 2. The fourth-order valence-corrected chi connectivity index (χ4v) is 2.11. The van der Waals surface area contributed by atoms with Gasteiger partial charge in [0, 0.05) is 18.5 Å². The van der Waals surface area contributed by atoms with E-state index in [0.29, 0.717) is 0 Å². The van der Waals surface area contributed by atoms with Crippen LogP contribution >= 0.6 is 0 Å². The second-order valence-corrected chi connectivity index (χ2v) is 3.89. The van der Waals surface area contributed by atoms with Crippen LogP contribution in [-0.4, -0.2) is 16.7 Å². The van der Waals surface area contributed by atoms with Crippen LogP contribution in [-0.2, 0) is 12.8 Å². The minimum Gasteiger partial charge on any atom is -0.469 e. The highest BCUT2D eigenvalue weighted by Gasteiger charge is 2.20. The molecular formula is C12H13N3O. The van der Waals surface area contributed by atoms with Crippen LogP contribution in [0.4, 0.5) is 5.82 Å². The van der Waals surface area contributed by atoms with E-state index in [4.69, 9.17) is 4.42 Å². The predicted molar refractivity (Wildman–Crippen MR) is 61.3 cm³/mol. The third-order valence-corrected chi connectivity index (χ3v) is 2.85. The van der Waals surface area contributed by atoms with Gasteiger partial charge in [0.25, 0.3) is 0 Å². The normalized spacial score (nSPS) is 13.1. The van der Waals surface area contributed by atoms with Crippen molar-refractivity contribution in [2.24, 2.45) is 0 Å². The quantitative estimate of drug-likeness (QED) is 0.834. The van der Waals surface area contributed by atoms with Gasteiger partial charge in [0.1, 0.15) is 11.6 Å². The topological polar surface area (TPSA) is 51.0 Å². The SMILES string of the molecule is CCNc1cc2c(nn1)-c1ccoc1CC2. The number of nitrogens with one attached hydrogen (secondary N) is 1. The smallest absolute Gasteiger partial charge is 0.148 e. The van der Waals surface area contributed by atoms with Crippen LogP contribution in [0, 0.1) is 0 Å². The lowest BCUT2D eigenvalue weighted by molar-refractivity contribution is 0.506. The van der Waals surface area contributed by atoms with Crippen molar-refractivity contribution in [3.05, 3.63) is 29.7 Å². The van der Waals surface area contributed by atoms with Gasteiger partial charge in [-0.3, -0.25) is 0 Å². The lowest BCUT2D eigenvalue weighted by Gasteiger charge is -2.14. The molecule has 1 aliphatic rings. The van der Waals surface area contributed by atoms with E-state index in [9.17, 15) is 0 Å². The summed E-state index contributed by atoms with van der Waals surface area (Å²) in [6, 6.07) is 4.05. The van der Waals surface area contributed by atoms with E-state index in [2.05, 4.69) is 28.5 Å². The van der Waals surface area contributed by atoms with Crippen molar-refractivity contribution in [1.82, 2.24) is 10.2 Å². The maximum Gasteiger partial charge on any atom is 0.148 e. The average Bonchev–Trinajstić information content (AvgIpc) is 2.77. The van der Waals surface area contributed by atoms with Gasteiger partial charge in [0.2, 0.25) is 0 Å². The molecule has 0 spiro atoms. The molecule has 0 aromatic carbocycles. The molecule has 82 valence electrons. The number of fused-ring (bicyclic) bond motifs is 3. The summed E-state index contributed by atoms with van der Waals surface area (Å²) in [6.07, 6.45) is 3.65. The minimum absolute atomic E-state index is 0.855. The fraction of sp³-hybridized carbons (Fsp3) is 0.333. The summed E-state index contributed by atoms with van der Waals surface area (Å²) in [4.78, 5) is 0. The molecule has 3 rings (SSSR count). The van der Waals surface area contributed by atoms with Crippen LogP contribution in [0.15, 0.2) is 22.8 Å². The van der Waals surface area contributed by atoms with E-state index in [1.807, 2.05) is 6.07 Å². The predicted octanol–water partition coefficient (Wildman–Crippen LogP) is 2.27. The van der Waals surface area contributed by atoms with Gasteiger partial charge in [-0.2, -0.15) is 0 Å². The van der Waals surface area contributed by atoms with E-state index in [1.165, 1.54) is 5.56 Å². The standard InChI is InChI=1S/C12H13N3O/c1-2-13-11-7-8-3-4-10-9(5-6-16-10)12(8)15-14-11/h5-7H,2-4H2,1H3,(H,13,14). The number of anilines is 1. The van der Waals surface area contributed by atoms with Crippen molar-refractivity contribution >= 4 is 5.82 Å². The second kappa shape index (κ2) is 3.63. The molecule has 0 bridgehead atoms. The molecule has 2 aromatic heterocycles.